The number of aliphatic hydroxyl groups excluding tert-OH is 1. The van der Waals surface area contributed by atoms with Gasteiger partial charge in [-0.05, 0) is 13.0 Å². The number of nitro groups is 1. The van der Waals surface area contributed by atoms with Gasteiger partial charge in [0.25, 0.3) is 5.91 Å². The lowest BCUT2D eigenvalue weighted by atomic mass is 10.2. The third-order valence-electron chi connectivity index (χ3n) is 2.33. The van der Waals surface area contributed by atoms with Crippen LogP contribution in [-0.2, 0) is 0 Å². The van der Waals surface area contributed by atoms with Gasteiger partial charge < -0.3 is 10.0 Å². The van der Waals surface area contributed by atoms with Crippen LogP contribution < -0.4 is 0 Å². The summed E-state index contributed by atoms with van der Waals surface area (Å²) in [7, 11) is 0. The molecule has 18 heavy (non-hydrogen) atoms. The quantitative estimate of drug-likeness (QED) is 0.492. The van der Waals surface area contributed by atoms with Crippen molar-refractivity contribution in [3.63, 3.8) is 0 Å². The minimum Gasteiger partial charge on any atom is -0.395 e. The summed E-state index contributed by atoms with van der Waals surface area (Å²) in [6.07, 6.45) is 1.23. The van der Waals surface area contributed by atoms with Crippen molar-refractivity contribution in [1.29, 1.82) is 0 Å². The Morgan fingerprint density at radius 2 is 2.33 bits per heavy atom. The van der Waals surface area contributed by atoms with Crippen molar-refractivity contribution in [1.82, 2.24) is 9.88 Å². The van der Waals surface area contributed by atoms with Crippen molar-refractivity contribution < 1.29 is 14.8 Å². The predicted octanol–water partition coefficient (Wildman–Crippen LogP) is 1.10. The zero-order valence-electron chi connectivity index (χ0n) is 9.67. The molecule has 98 valence electrons. The number of halogens is 1. The highest BCUT2D eigenvalue weighted by Gasteiger charge is 2.27. The highest BCUT2D eigenvalue weighted by molar-refractivity contribution is 6.32. The summed E-state index contributed by atoms with van der Waals surface area (Å²) >= 11 is 5.62. The molecule has 7 nitrogen and oxygen atoms in total. The second-order valence-electron chi connectivity index (χ2n) is 3.36. The number of amides is 1. The Hall–Kier alpha value is -1.73. The van der Waals surface area contributed by atoms with Gasteiger partial charge in [0.05, 0.1) is 11.5 Å². The molecule has 0 aliphatic rings. The van der Waals surface area contributed by atoms with E-state index in [0.717, 1.165) is 0 Å². The van der Waals surface area contributed by atoms with Crippen LogP contribution in [0.15, 0.2) is 12.3 Å². The van der Waals surface area contributed by atoms with Gasteiger partial charge in [0, 0.05) is 19.3 Å². The molecule has 0 spiro atoms. The summed E-state index contributed by atoms with van der Waals surface area (Å²) in [4.78, 5) is 27.1. The summed E-state index contributed by atoms with van der Waals surface area (Å²) in [5.41, 5.74) is -0.643. The summed E-state index contributed by atoms with van der Waals surface area (Å²) in [5.74, 6) is -0.553. The number of nitrogens with zero attached hydrogens (tertiary/aromatic N) is 3. The summed E-state index contributed by atoms with van der Waals surface area (Å²) in [6, 6.07) is 1.24. The van der Waals surface area contributed by atoms with E-state index in [1.165, 1.54) is 17.2 Å². The number of hydrogen-bond donors (Lipinski definition) is 1. The van der Waals surface area contributed by atoms with E-state index in [0.29, 0.717) is 6.54 Å². The van der Waals surface area contributed by atoms with Crippen LogP contribution in [0.1, 0.15) is 17.3 Å². The van der Waals surface area contributed by atoms with Crippen molar-refractivity contribution in [2.24, 2.45) is 0 Å². The van der Waals surface area contributed by atoms with Gasteiger partial charge in [-0.3, -0.25) is 14.9 Å². The maximum Gasteiger partial charge on any atom is 0.319 e. The van der Waals surface area contributed by atoms with Gasteiger partial charge in [0.15, 0.2) is 0 Å². The number of aromatic nitrogens is 1. The zero-order valence-corrected chi connectivity index (χ0v) is 10.4. The number of rotatable bonds is 5. The number of carbonyl (C=O) groups is 1. The maximum atomic E-state index is 12.1. The maximum absolute atomic E-state index is 12.1. The minimum atomic E-state index is -0.741. The Morgan fingerprint density at radius 1 is 1.67 bits per heavy atom. The molecule has 0 aliphatic heterocycles. The highest BCUT2D eigenvalue weighted by Crippen LogP contribution is 2.26. The van der Waals surface area contributed by atoms with Crippen LogP contribution >= 0.6 is 11.6 Å². The third-order valence-corrected chi connectivity index (χ3v) is 2.61. The lowest BCUT2D eigenvalue weighted by molar-refractivity contribution is -0.385. The Morgan fingerprint density at radius 3 is 2.83 bits per heavy atom. The smallest absolute Gasteiger partial charge is 0.319 e. The van der Waals surface area contributed by atoms with E-state index in [-0.39, 0.29) is 23.9 Å². The van der Waals surface area contributed by atoms with Gasteiger partial charge in [0.2, 0.25) is 5.15 Å². The van der Waals surface area contributed by atoms with E-state index in [1.54, 1.807) is 6.92 Å². The van der Waals surface area contributed by atoms with Crippen molar-refractivity contribution in [3.05, 3.63) is 33.1 Å². The SMILES string of the molecule is CCN(CCO)C(=O)c1ccnc(Cl)c1[N+](=O)[O-]. The fourth-order valence-corrected chi connectivity index (χ4v) is 1.70. The second kappa shape index (κ2) is 6.27. The fraction of sp³-hybridized carbons (Fsp3) is 0.400. The molecule has 1 N–H and O–H groups in total. The topological polar surface area (TPSA) is 96.6 Å². The number of aliphatic hydroxyl groups is 1. The first-order valence-electron chi connectivity index (χ1n) is 5.22. The fourth-order valence-electron chi connectivity index (χ4n) is 1.47. The van der Waals surface area contributed by atoms with Gasteiger partial charge in [-0.2, -0.15) is 0 Å². The molecular formula is C10H12ClN3O4. The number of likely N-dealkylation sites (N-methyl/N-ethyl adjacent to an activating group) is 1. The van der Waals surface area contributed by atoms with E-state index in [1.807, 2.05) is 0 Å². The lowest BCUT2D eigenvalue weighted by Gasteiger charge is -2.19. The largest absolute Gasteiger partial charge is 0.395 e. The Bertz CT molecular complexity index is 466. The molecule has 0 radical (unpaired) electrons. The Balaban J connectivity index is 3.20. The van der Waals surface area contributed by atoms with Gasteiger partial charge in [-0.1, -0.05) is 11.6 Å². The van der Waals surface area contributed by atoms with Crippen LogP contribution in [0.3, 0.4) is 0 Å². The molecule has 0 saturated carbocycles. The van der Waals surface area contributed by atoms with Gasteiger partial charge in [-0.25, -0.2) is 4.98 Å². The van der Waals surface area contributed by atoms with Gasteiger partial charge >= 0.3 is 5.69 Å². The number of pyridine rings is 1. The van der Waals surface area contributed by atoms with E-state index in [9.17, 15) is 14.9 Å². The van der Waals surface area contributed by atoms with Crippen molar-refractivity contribution in [2.75, 3.05) is 19.7 Å². The summed E-state index contributed by atoms with van der Waals surface area (Å²) in [5, 5.41) is 19.4. The first kappa shape index (κ1) is 14.3. The van der Waals surface area contributed by atoms with E-state index in [2.05, 4.69) is 4.98 Å². The van der Waals surface area contributed by atoms with Crippen molar-refractivity contribution in [2.45, 2.75) is 6.92 Å². The molecule has 1 aromatic heterocycles. The molecule has 1 aromatic rings. The molecule has 0 saturated heterocycles. The first-order valence-corrected chi connectivity index (χ1v) is 5.59. The van der Waals surface area contributed by atoms with Crippen LogP contribution in [-0.4, -0.2) is 45.5 Å². The van der Waals surface area contributed by atoms with E-state index >= 15 is 0 Å². The normalized spacial score (nSPS) is 10.2. The standard InChI is InChI=1S/C10H12ClN3O4/c1-2-13(5-6-15)10(16)7-3-4-12-9(11)8(7)14(17)18/h3-4,15H,2,5-6H2,1H3. The Labute approximate surface area is 108 Å². The molecule has 1 heterocycles. The molecule has 0 bridgehead atoms. The molecule has 0 aliphatic carbocycles. The minimum absolute atomic E-state index is 0.104. The van der Waals surface area contributed by atoms with Crippen molar-refractivity contribution in [3.8, 4) is 0 Å². The highest BCUT2D eigenvalue weighted by atomic mass is 35.5. The average molecular weight is 274 g/mol. The first-order chi connectivity index (χ1) is 8.52. The molecule has 1 amide bonds. The monoisotopic (exact) mass is 273 g/mol. The lowest BCUT2D eigenvalue weighted by Crippen LogP contribution is -2.33. The van der Waals surface area contributed by atoms with Crippen molar-refractivity contribution >= 4 is 23.2 Å². The molecule has 0 atom stereocenters. The summed E-state index contributed by atoms with van der Waals surface area (Å²) in [6.45, 7) is 1.93. The number of hydrogen-bond acceptors (Lipinski definition) is 5. The average Bonchev–Trinajstić information content (AvgIpc) is 2.34. The molecule has 0 aromatic carbocycles. The van der Waals surface area contributed by atoms with Crippen LogP contribution in [0.2, 0.25) is 5.15 Å². The van der Waals surface area contributed by atoms with Crippen LogP contribution in [0, 0.1) is 10.1 Å². The van der Waals surface area contributed by atoms with E-state index in [4.69, 9.17) is 16.7 Å². The van der Waals surface area contributed by atoms with Crippen LogP contribution in [0.25, 0.3) is 0 Å². The molecule has 0 fully saturated rings. The van der Waals surface area contributed by atoms with Gasteiger partial charge in [-0.15, -0.1) is 0 Å². The molecule has 1 rings (SSSR count). The zero-order chi connectivity index (χ0) is 13.7. The molecular weight excluding hydrogens is 262 g/mol. The molecule has 8 heteroatoms. The van der Waals surface area contributed by atoms with E-state index < -0.39 is 16.5 Å². The number of carbonyl (C=O) groups excluding carboxylic acids is 1. The third kappa shape index (κ3) is 2.93. The predicted molar refractivity (Wildman–Crippen MR) is 64.6 cm³/mol. The Kier molecular flexibility index (Phi) is 4.99. The van der Waals surface area contributed by atoms with Gasteiger partial charge in [0.1, 0.15) is 5.56 Å². The summed E-state index contributed by atoms with van der Waals surface area (Å²) < 4.78 is 0. The second-order valence-corrected chi connectivity index (χ2v) is 3.72. The van der Waals surface area contributed by atoms with Crippen LogP contribution in [0.5, 0.6) is 0 Å². The molecule has 0 unspecified atom stereocenters. The van der Waals surface area contributed by atoms with Crippen LogP contribution in [0.4, 0.5) is 5.69 Å².